The molecule has 0 atom stereocenters. The van der Waals surface area contributed by atoms with Gasteiger partial charge in [-0.2, -0.15) is 0 Å². The number of carbonyl (C=O) groups is 1. The first-order valence-corrected chi connectivity index (χ1v) is 6.82. The molecule has 2 rings (SSSR count). The first-order chi connectivity index (χ1) is 9.58. The average molecular weight is 295 g/mol. The number of anilines is 1. The van der Waals surface area contributed by atoms with Crippen LogP contribution < -0.4 is 10.1 Å². The maximum atomic E-state index is 13.5. The zero-order valence-corrected chi connectivity index (χ0v) is 12.0. The molecule has 0 aliphatic rings. The highest BCUT2D eigenvalue weighted by atomic mass is 32.1. The second-order valence-corrected chi connectivity index (χ2v) is 5.32. The number of amides is 1. The van der Waals surface area contributed by atoms with Crippen molar-refractivity contribution in [2.45, 2.75) is 19.8 Å². The number of nitrogens with one attached hydrogen (secondary N) is 1. The number of benzene rings is 1. The minimum absolute atomic E-state index is 0.169. The quantitative estimate of drug-likeness (QED) is 0.920. The van der Waals surface area contributed by atoms with Crippen LogP contribution in [0.1, 0.15) is 17.0 Å². The van der Waals surface area contributed by atoms with Crippen molar-refractivity contribution in [2.75, 3.05) is 12.4 Å². The lowest BCUT2D eigenvalue weighted by Gasteiger charge is -2.05. The van der Waals surface area contributed by atoms with Crippen LogP contribution in [0.15, 0.2) is 18.2 Å². The van der Waals surface area contributed by atoms with E-state index in [0.717, 1.165) is 10.6 Å². The maximum Gasteiger partial charge on any atom is 0.226 e. The summed E-state index contributed by atoms with van der Waals surface area (Å²) < 4.78 is 18.3. The maximum absolute atomic E-state index is 13.5. The number of nitrogens with zero attached hydrogens (tertiary/aromatic N) is 2. The zero-order valence-electron chi connectivity index (χ0n) is 11.1. The number of carbonyl (C=O) groups excluding carboxylic acids is 1. The number of ether oxygens (including phenoxy) is 1. The van der Waals surface area contributed by atoms with Crippen molar-refractivity contribution in [1.29, 1.82) is 0 Å². The lowest BCUT2D eigenvalue weighted by molar-refractivity contribution is -0.116. The van der Waals surface area contributed by atoms with Crippen molar-refractivity contribution < 1.29 is 13.9 Å². The van der Waals surface area contributed by atoms with E-state index < -0.39 is 5.82 Å². The van der Waals surface area contributed by atoms with E-state index in [1.54, 1.807) is 12.1 Å². The Labute approximate surface area is 119 Å². The van der Waals surface area contributed by atoms with E-state index in [1.807, 2.05) is 6.92 Å². The van der Waals surface area contributed by atoms with E-state index in [4.69, 9.17) is 4.74 Å². The molecule has 0 radical (unpaired) electrons. The fourth-order valence-corrected chi connectivity index (χ4v) is 2.26. The molecule has 1 N–H and O–H groups in total. The van der Waals surface area contributed by atoms with Gasteiger partial charge in [-0.25, -0.2) is 4.39 Å². The normalized spacial score (nSPS) is 10.3. The molecule has 0 spiro atoms. The summed E-state index contributed by atoms with van der Waals surface area (Å²) in [5.41, 5.74) is 0.742. The van der Waals surface area contributed by atoms with Crippen LogP contribution >= 0.6 is 11.3 Å². The van der Waals surface area contributed by atoms with Crippen LogP contribution in [0.4, 0.5) is 9.52 Å². The summed E-state index contributed by atoms with van der Waals surface area (Å²) in [6.45, 7) is 1.81. The predicted molar refractivity (Wildman–Crippen MR) is 74.5 cm³/mol. The van der Waals surface area contributed by atoms with Crippen LogP contribution in [0.25, 0.3) is 0 Å². The number of rotatable bonds is 5. The molecule has 1 amide bonds. The predicted octanol–water partition coefficient (Wildman–Crippen LogP) is 2.57. The molecule has 1 heterocycles. The van der Waals surface area contributed by atoms with Gasteiger partial charge >= 0.3 is 0 Å². The monoisotopic (exact) mass is 295 g/mol. The van der Waals surface area contributed by atoms with Gasteiger partial charge in [-0.3, -0.25) is 4.79 Å². The molecule has 1 aromatic heterocycles. The molecule has 0 aliphatic heterocycles. The van der Waals surface area contributed by atoms with E-state index >= 15 is 0 Å². The highest BCUT2D eigenvalue weighted by Gasteiger charge is 2.08. The number of aromatic nitrogens is 2. The number of hydrogen-bond acceptors (Lipinski definition) is 5. The third-order valence-corrected chi connectivity index (χ3v) is 3.38. The highest BCUT2D eigenvalue weighted by molar-refractivity contribution is 7.15. The topological polar surface area (TPSA) is 64.1 Å². The van der Waals surface area contributed by atoms with E-state index in [1.165, 1.54) is 24.5 Å². The number of methoxy groups -OCH3 is 1. The fourth-order valence-electron chi connectivity index (χ4n) is 1.65. The van der Waals surface area contributed by atoms with E-state index in [9.17, 15) is 9.18 Å². The van der Waals surface area contributed by atoms with Crippen molar-refractivity contribution in [2.24, 2.45) is 0 Å². The molecule has 7 heteroatoms. The Kier molecular flexibility index (Phi) is 4.62. The largest absolute Gasteiger partial charge is 0.494 e. The summed E-state index contributed by atoms with van der Waals surface area (Å²) in [5, 5.41) is 11.5. The van der Waals surface area contributed by atoms with Crippen molar-refractivity contribution in [1.82, 2.24) is 10.2 Å². The highest BCUT2D eigenvalue weighted by Crippen LogP contribution is 2.19. The van der Waals surface area contributed by atoms with E-state index in [2.05, 4.69) is 15.5 Å². The standard InChI is InChI=1S/C13H14FN3O2S/c1-8-16-17-13(20-8)15-12(18)6-4-9-3-5-11(19-2)10(14)7-9/h3,5,7H,4,6H2,1-2H3,(H,15,17,18). The minimum atomic E-state index is -0.426. The molecule has 106 valence electrons. The molecule has 1 aromatic carbocycles. The van der Waals surface area contributed by atoms with Gasteiger partial charge in [0.15, 0.2) is 11.6 Å². The lowest BCUT2D eigenvalue weighted by Crippen LogP contribution is -2.12. The summed E-state index contributed by atoms with van der Waals surface area (Å²) in [6.07, 6.45) is 0.703. The molecular formula is C13H14FN3O2S. The fraction of sp³-hybridized carbons (Fsp3) is 0.308. The van der Waals surface area contributed by atoms with Gasteiger partial charge < -0.3 is 10.1 Å². The number of hydrogen-bond donors (Lipinski definition) is 1. The lowest BCUT2D eigenvalue weighted by atomic mass is 10.1. The Morgan fingerprint density at radius 3 is 2.85 bits per heavy atom. The zero-order chi connectivity index (χ0) is 14.5. The van der Waals surface area contributed by atoms with Crippen molar-refractivity contribution in [3.63, 3.8) is 0 Å². The molecule has 2 aromatic rings. The smallest absolute Gasteiger partial charge is 0.226 e. The molecule has 20 heavy (non-hydrogen) atoms. The number of aryl methyl sites for hydroxylation is 2. The van der Waals surface area contributed by atoms with Gasteiger partial charge in [-0.1, -0.05) is 17.4 Å². The molecule has 0 saturated carbocycles. The summed E-state index contributed by atoms with van der Waals surface area (Å²) >= 11 is 1.31. The van der Waals surface area contributed by atoms with Gasteiger partial charge in [0.05, 0.1) is 7.11 Å². The Morgan fingerprint density at radius 1 is 1.45 bits per heavy atom. The van der Waals surface area contributed by atoms with Crippen LogP contribution in [0.3, 0.4) is 0 Å². The first-order valence-electron chi connectivity index (χ1n) is 6.01. The first kappa shape index (κ1) is 14.4. The second-order valence-electron chi connectivity index (χ2n) is 4.14. The van der Waals surface area contributed by atoms with Crippen molar-refractivity contribution in [3.05, 3.63) is 34.6 Å². The SMILES string of the molecule is COc1ccc(CCC(=O)Nc2nnc(C)s2)cc1F. The van der Waals surface area contributed by atoms with Crippen LogP contribution in [-0.2, 0) is 11.2 Å². The average Bonchev–Trinajstić information content (AvgIpc) is 2.82. The van der Waals surface area contributed by atoms with Gasteiger partial charge in [0, 0.05) is 6.42 Å². The summed E-state index contributed by atoms with van der Waals surface area (Å²) in [6, 6.07) is 4.67. The minimum Gasteiger partial charge on any atom is -0.494 e. The van der Waals surface area contributed by atoms with Gasteiger partial charge in [-0.05, 0) is 31.0 Å². The molecule has 0 bridgehead atoms. The Balaban J connectivity index is 1.88. The number of halogens is 1. The van der Waals surface area contributed by atoms with Crippen LogP contribution in [0.5, 0.6) is 5.75 Å². The van der Waals surface area contributed by atoms with Gasteiger partial charge in [0.2, 0.25) is 11.0 Å². The van der Waals surface area contributed by atoms with Gasteiger partial charge in [0.1, 0.15) is 5.01 Å². The molecule has 0 aliphatic carbocycles. The van der Waals surface area contributed by atoms with Crippen molar-refractivity contribution in [3.8, 4) is 5.75 Å². The van der Waals surface area contributed by atoms with E-state index in [-0.39, 0.29) is 18.1 Å². The molecule has 0 unspecified atom stereocenters. The van der Waals surface area contributed by atoms with Crippen LogP contribution in [-0.4, -0.2) is 23.2 Å². The third-order valence-electron chi connectivity index (χ3n) is 2.63. The van der Waals surface area contributed by atoms with Gasteiger partial charge in [0.25, 0.3) is 0 Å². The Morgan fingerprint density at radius 2 is 2.25 bits per heavy atom. The Bertz CT molecular complexity index is 615. The summed E-state index contributed by atoms with van der Waals surface area (Å²) in [7, 11) is 1.41. The van der Waals surface area contributed by atoms with Gasteiger partial charge in [-0.15, -0.1) is 10.2 Å². The Hall–Kier alpha value is -2.02. The molecule has 5 nitrogen and oxygen atoms in total. The second kappa shape index (κ2) is 6.42. The van der Waals surface area contributed by atoms with Crippen LogP contribution in [0.2, 0.25) is 0 Å². The molecule has 0 fully saturated rings. The third kappa shape index (κ3) is 3.74. The molecule has 0 saturated heterocycles. The molecular weight excluding hydrogens is 281 g/mol. The van der Waals surface area contributed by atoms with Crippen LogP contribution in [0, 0.1) is 12.7 Å². The summed E-state index contributed by atoms with van der Waals surface area (Å²) in [5.74, 6) is -0.398. The van der Waals surface area contributed by atoms with E-state index in [0.29, 0.717) is 11.6 Å². The summed E-state index contributed by atoms with van der Waals surface area (Å²) in [4.78, 5) is 11.7. The van der Waals surface area contributed by atoms with Crippen molar-refractivity contribution >= 4 is 22.4 Å².